The van der Waals surface area contributed by atoms with Crippen LogP contribution < -0.4 is 0 Å². The van der Waals surface area contributed by atoms with Gasteiger partial charge >= 0.3 is 17.9 Å². The first kappa shape index (κ1) is 68.8. The van der Waals surface area contributed by atoms with Crippen molar-refractivity contribution >= 4 is 17.9 Å². The van der Waals surface area contributed by atoms with E-state index < -0.39 is 6.10 Å². The number of hydrogen-bond acceptors (Lipinski definition) is 6. The average Bonchev–Trinajstić information content (AvgIpc) is 3.39. The Hall–Kier alpha value is -4.19. The van der Waals surface area contributed by atoms with Gasteiger partial charge in [-0.1, -0.05) is 258 Å². The monoisotopic (exact) mass is 1010 g/mol. The Labute approximate surface area is 450 Å². The summed E-state index contributed by atoms with van der Waals surface area (Å²) in [6.45, 7) is 6.35. The second-order valence-electron chi connectivity index (χ2n) is 19.5. The van der Waals surface area contributed by atoms with Gasteiger partial charge in [-0.3, -0.25) is 14.4 Å². The molecule has 0 aliphatic rings. The molecule has 0 heterocycles. The third-order valence-electron chi connectivity index (χ3n) is 12.5. The highest BCUT2D eigenvalue weighted by Gasteiger charge is 2.19. The molecule has 1 unspecified atom stereocenters. The molecule has 414 valence electrons. The van der Waals surface area contributed by atoms with Crippen LogP contribution in [-0.2, 0) is 28.6 Å². The third kappa shape index (κ3) is 58.6. The first-order valence-corrected chi connectivity index (χ1v) is 30.0. The molecule has 6 heteroatoms. The molecule has 0 saturated heterocycles. The highest BCUT2D eigenvalue weighted by molar-refractivity contribution is 5.71. The third-order valence-corrected chi connectivity index (χ3v) is 12.5. The minimum atomic E-state index is -0.791. The van der Waals surface area contributed by atoms with Crippen LogP contribution in [0.1, 0.15) is 265 Å². The second kappa shape index (κ2) is 60.4. The zero-order chi connectivity index (χ0) is 52.9. The molecule has 1 atom stereocenters. The van der Waals surface area contributed by atoms with Crippen LogP contribution in [0.5, 0.6) is 0 Å². The highest BCUT2D eigenvalue weighted by atomic mass is 16.6. The van der Waals surface area contributed by atoms with Gasteiger partial charge in [-0.25, -0.2) is 0 Å². The summed E-state index contributed by atoms with van der Waals surface area (Å²) in [5, 5.41) is 0. The lowest BCUT2D eigenvalue weighted by Crippen LogP contribution is -2.30. The van der Waals surface area contributed by atoms with Gasteiger partial charge in [-0.2, -0.15) is 0 Å². The maximum absolute atomic E-state index is 12.8. The molecule has 73 heavy (non-hydrogen) atoms. The van der Waals surface area contributed by atoms with Gasteiger partial charge in [0.1, 0.15) is 13.2 Å². The predicted octanol–water partition coefficient (Wildman–Crippen LogP) is 20.4. The minimum absolute atomic E-state index is 0.0890. The van der Waals surface area contributed by atoms with Crippen molar-refractivity contribution in [3.05, 3.63) is 122 Å². The van der Waals surface area contributed by atoms with E-state index in [-0.39, 0.29) is 31.1 Å². The topological polar surface area (TPSA) is 78.9 Å². The summed E-state index contributed by atoms with van der Waals surface area (Å²) in [6, 6.07) is 0. The quantitative estimate of drug-likeness (QED) is 0.0261. The fourth-order valence-corrected chi connectivity index (χ4v) is 8.03. The van der Waals surface area contributed by atoms with Gasteiger partial charge in [-0.15, -0.1) is 0 Å². The molecular weight excluding hydrogens is 901 g/mol. The summed E-state index contributed by atoms with van der Waals surface area (Å²) >= 11 is 0. The predicted molar refractivity (Wildman–Crippen MR) is 316 cm³/mol. The van der Waals surface area contributed by atoms with E-state index >= 15 is 0 Å². The van der Waals surface area contributed by atoms with Crippen LogP contribution in [0.25, 0.3) is 0 Å². The van der Waals surface area contributed by atoms with Crippen molar-refractivity contribution in [2.24, 2.45) is 0 Å². The van der Waals surface area contributed by atoms with E-state index in [1.54, 1.807) is 0 Å². The largest absolute Gasteiger partial charge is 0.462 e. The standard InChI is InChI=1S/C67H110O6/c1-4-7-10-13-16-18-20-22-24-26-27-28-29-30-31-32-33-34-35-36-37-38-39-41-42-44-46-48-51-54-57-60-66(69)72-63-64(62-71-65(68)59-56-53-50-15-12-9-6-3)73-67(70)61-58-55-52-49-47-45-43-40-25-23-21-19-17-14-11-8-5-2/h7-8,10-11,16-19,22-25,27-28,30-31,33-34,43,45,64H,4-6,9,12-15,20-21,26,29,32,35-42,44,46-63H2,1-3H3/b10-7-,11-8-,18-16-,19-17-,24-22-,25-23-,28-27-,31-30-,34-33-,45-43-. The van der Waals surface area contributed by atoms with E-state index in [1.165, 1.54) is 89.9 Å². The summed E-state index contributed by atoms with van der Waals surface area (Å²) in [5.74, 6) is -0.922. The molecular formula is C67H110O6. The molecule has 0 aliphatic carbocycles. The second-order valence-corrected chi connectivity index (χ2v) is 19.5. The molecule has 0 fully saturated rings. The highest BCUT2D eigenvalue weighted by Crippen LogP contribution is 2.15. The molecule has 0 rings (SSSR count). The Morgan fingerprint density at radius 1 is 0.288 bits per heavy atom. The van der Waals surface area contributed by atoms with Crippen molar-refractivity contribution in [3.63, 3.8) is 0 Å². The van der Waals surface area contributed by atoms with E-state index in [1.807, 2.05) is 0 Å². The van der Waals surface area contributed by atoms with Crippen LogP contribution in [0, 0.1) is 0 Å². The number of allylic oxidation sites excluding steroid dienone is 20. The fraction of sp³-hybridized carbons (Fsp3) is 0.657. The van der Waals surface area contributed by atoms with Crippen molar-refractivity contribution < 1.29 is 28.6 Å². The number of carbonyl (C=O) groups excluding carboxylic acids is 3. The van der Waals surface area contributed by atoms with Crippen LogP contribution in [0.4, 0.5) is 0 Å². The van der Waals surface area contributed by atoms with E-state index in [2.05, 4.69) is 142 Å². The molecule has 0 N–H and O–H groups in total. The molecule has 6 nitrogen and oxygen atoms in total. The summed E-state index contributed by atoms with van der Waals surface area (Å²) in [6.07, 6.45) is 83.7. The average molecular weight is 1010 g/mol. The van der Waals surface area contributed by atoms with Gasteiger partial charge < -0.3 is 14.2 Å². The number of ether oxygens (including phenoxy) is 3. The number of hydrogen-bond donors (Lipinski definition) is 0. The van der Waals surface area contributed by atoms with Crippen molar-refractivity contribution in [2.45, 2.75) is 271 Å². The van der Waals surface area contributed by atoms with Gasteiger partial charge in [0.2, 0.25) is 0 Å². The Morgan fingerprint density at radius 3 is 0.836 bits per heavy atom. The number of rotatable bonds is 53. The molecule has 0 aromatic carbocycles. The van der Waals surface area contributed by atoms with Gasteiger partial charge in [0.15, 0.2) is 6.10 Å². The van der Waals surface area contributed by atoms with Crippen LogP contribution >= 0.6 is 0 Å². The molecule has 0 radical (unpaired) electrons. The fourth-order valence-electron chi connectivity index (χ4n) is 8.03. The summed E-state index contributed by atoms with van der Waals surface area (Å²) in [4.78, 5) is 38.0. The Morgan fingerprint density at radius 2 is 0.534 bits per heavy atom. The van der Waals surface area contributed by atoms with Crippen molar-refractivity contribution in [3.8, 4) is 0 Å². The number of carbonyl (C=O) groups is 3. The van der Waals surface area contributed by atoms with Crippen LogP contribution in [0.15, 0.2) is 122 Å². The van der Waals surface area contributed by atoms with E-state index in [9.17, 15) is 14.4 Å². The maximum atomic E-state index is 12.8. The number of unbranched alkanes of at least 4 members (excludes halogenated alkanes) is 22. The van der Waals surface area contributed by atoms with Crippen molar-refractivity contribution in [1.29, 1.82) is 0 Å². The smallest absolute Gasteiger partial charge is 0.306 e. The van der Waals surface area contributed by atoms with Crippen LogP contribution in [-0.4, -0.2) is 37.2 Å². The van der Waals surface area contributed by atoms with Crippen LogP contribution in [0.3, 0.4) is 0 Å². The van der Waals surface area contributed by atoms with Gasteiger partial charge in [0, 0.05) is 19.3 Å². The maximum Gasteiger partial charge on any atom is 0.306 e. The number of esters is 3. The Bertz CT molecular complexity index is 1540. The summed E-state index contributed by atoms with van der Waals surface area (Å²) in [5.41, 5.74) is 0. The molecule has 0 aromatic heterocycles. The molecule has 0 spiro atoms. The first-order valence-electron chi connectivity index (χ1n) is 30.0. The Balaban J connectivity index is 4.15. The SMILES string of the molecule is CC/C=C\C/C=C\C/C=C\C/C=C\C/C=C\C/C=C\CCCCCCCCCCCCCCC(=O)OCC(COC(=O)CCCCCCCCC)OC(=O)CCCCCC/C=C\C/C=C\C/C=C\C/C=C\CC. The Kier molecular flexibility index (Phi) is 56.9. The van der Waals surface area contributed by atoms with Gasteiger partial charge in [0.05, 0.1) is 0 Å². The molecule has 0 aliphatic heterocycles. The molecule has 0 bridgehead atoms. The van der Waals surface area contributed by atoms with E-state index in [4.69, 9.17) is 14.2 Å². The zero-order valence-electron chi connectivity index (χ0n) is 47.4. The molecule has 0 aromatic rings. The zero-order valence-corrected chi connectivity index (χ0v) is 47.4. The lowest BCUT2D eigenvalue weighted by molar-refractivity contribution is -0.167. The van der Waals surface area contributed by atoms with Gasteiger partial charge in [0.25, 0.3) is 0 Å². The molecule has 0 saturated carbocycles. The normalized spacial score (nSPS) is 13.0. The minimum Gasteiger partial charge on any atom is -0.462 e. The van der Waals surface area contributed by atoms with Crippen LogP contribution in [0.2, 0.25) is 0 Å². The van der Waals surface area contributed by atoms with Gasteiger partial charge in [-0.05, 0) is 109 Å². The first-order chi connectivity index (χ1) is 36.0. The lowest BCUT2D eigenvalue weighted by Gasteiger charge is -2.18. The van der Waals surface area contributed by atoms with E-state index in [0.29, 0.717) is 19.3 Å². The summed E-state index contributed by atoms with van der Waals surface area (Å²) in [7, 11) is 0. The summed E-state index contributed by atoms with van der Waals surface area (Å²) < 4.78 is 16.8. The van der Waals surface area contributed by atoms with E-state index in [0.717, 1.165) is 135 Å². The van der Waals surface area contributed by atoms with Crippen molar-refractivity contribution in [2.75, 3.05) is 13.2 Å². The molecule has 0 amide bonds. The lowest BCUT2D eigenvalue weighted by atomic mass is 10.0. The van der Waals surface area contributed by atoms with Crippen molar-refractivity contribution in [1.82, 2.24) is 0 Å².